The van der Waals surface area contributed by atoms with Crippen molar-refractivity contribution in [2.24, 2.45) is 0 Å². The van der Waals surface area contributed by atoms with E-state index in [2.05, 4.69) is 26.3 Å². The van der Waals surface area contributed by atoms with E-state index in [9.17, 15) is 0 Å². The number of rotatable bonds is 5. The average molecular weight is 287 g/mol. The highest BCUT2D eigenvalue weighted by Gasteiger charge is 2.03. The van der Waals surface area contributed by atoms with Crippen LogP contribution in [0.2, 0.25) is 5.02 Å². The van der Waals surface area contributed by atoms with Crippen LogP contribution in [0, 0.1) is 0 Å². The van der Waals surface area contributed by atoms with E-state index in [0.717, 1.165) is 41.4 Å². The lowest BCUT2D eigenvalue weighted by atomic mass is 10.3. The Morgan fingerprint density at radius 1 is 1.25 bits per heavy atom. The van der Waals surface area contributed by atoms with Gasteiger partial charge in [0.05, 0.1) is 11.0 Å². The van der Waals surface area contributed by atoms with Gasteiger partial charge in [-0.3, -0.25) is 4.98 Å². The summed E-state index contributed by atoms with van der Waals surface area (Å²) in [5, 5.41) is 4.10. The van der Waals surface area contributed by atoms with Crippen molar-refractivity contribution in [3.8, 4) is 0 Å². The fourth-order valence-electron chi connectivity index (χ4n) is 2.10. The Bertz CT molecular complexity index is 693. The molecule has 0 radical (unpaired) electrons. The Kier molecular flexibility index (Phi) is 3.95. The zero-order chi connectivity index (χ0) is 13.8. The third kappa shape index (κ3) is 3.15. The minimum absolute atomic E-state index is 0.724. The number of hydrogen-bond donors (Lipinski definition) is 2. The number of aromatic nitrogens is 3. The molecule has 3 aromatic rings. The van der Waals surface area contributed by atoms with Gasteiger partial charge >= 0.3 is 0 Å². The molecule has 5 heteroatoms. The number of nitrogens with one attached hydrogen (secondary N) is 2. The molecule has 2 N–H and O–H groups in total. The topological polar surface area (TPSA) is 53.6 Å². The molecule has 0 saturated carbocycles. The minimum atomic E-state index is 0.724. The standard InChI is InChI=1S/C15H15ClN4/c16-12-3-4-13-14(8-12)20-15(19-13)5-7-18-10-11-2-1-6-17-9-11/h1-4,6,8-9,18H,5,7,10H2,(H,19,20). The van der Waals surface area contributed by atoms with E-state index in [1.165, 1.54) is 5.56 Å². The fourth-order valence-corrected chi connectivity index (χ4v) is 2.27. The van der Waals surface area contributed by atoms with Crippen molar-refractivity contribution in [3.63, 3.8) is 0 Å². The summed E-state index contributed by atoms with van der Waals surface area (Å²) < 4.78 is 0. The highest BCUT2D eigenvalue weighted by molar-refractivity contribution is 6.31. The molecule has 0 amide bonds. The van der Waals surface area contributed by atoms with Crippen molar-refractivity contribution in [2.75, 3.05) is 6.54 Å². The third-order valence-corrected chi connectivity index (χ3v) is 3.32. The zero-order valence-electron chi connectivity index (χ0n) is 10.9. The van der Waals surface area contributed by atoms with Gasteiger partial charge < -0.3 is 10.3 Å². The maximum absolute atomic E-state index is 5.96. The third-order valence-electron chi connectivity index (χ3n) is 3.08. The number of hydrogen-bond acceptors (Lipinski definition) is 3. The molecule has 2 heterocycles. The molecule has 4 nitrogen and oxygen atoms in total. The number of fused-ring (bicyclic) bond motifs is 1. The van der Waals surface area contributed by atoms with E-state index >= 15 is 0 Å². The zero-order valence-corrected chi connectivity index (χ0v) is 11.7. The van der Waals surface area contributed by atoms with Crippen LogP contribution in [0.4, 0.5) is 0 Å². The lowest BCUT2D eigenvalue weighted by molar-refractivity contribution is 0.673. The molecule has 2 aromatic heterocycles. The summed E-state index contributed by atoms with van der Waals surface area (Å²) in [4.78, 5) is 11.9. The van der Waals surface area contributed by atoms with Gasteiger partial charge in [0.25, 0.3) is 0 Å². The first-order valence-electron chi connectivity index (χ1n) is 6.55. The van der Waals surface area contributed by atoms with Crippen molar-refractivity contribution in [1.82, 2.24) is 20.3 Å². The van der Waals surface area contributed by atoms with Crippen LogP contribution in [0.5, 0.6) is 0 Å². The van der Waals surface area contributed by atoms with Crippen molar-refractivity contribution in [2.45, 2.75) is 13.0 Å². The predicted molar refractivity (Wildman–Crippen MR) is 80.8 cm³/mol. The number of halogens is 1. The van der Waals surface area contributed by atoms with Crippen LogP contribution in [-0.2, 0) is 13.0 Å². The van der Waals surface area contributed by atoms with E-state index < -0.39 is 0 Å². The van der Waals surface area contributed by atoms with Gasteiger partial charge in [0.1, 0.15) is 5.82 Å². The lowest BCUT2D eigenvalue weighted by Gasteiger charge is -2.02. The van der Waals surface area contributed by atoms with Gasteiger partial charge in [-0.15, -0.1) is 0 Å². The largest absolute Gasteiger partial charge is 0.342 e. The molecule has 1 aromatic carbocycles. The van der Waals surface area contributed by atoms with Crippen molar-refractivity contribution < 1.29 is 0 Å². The number of aromatic amines is 1. The number of nitrogens with zero attached hydrogens (tertiary/aromatic N) is 2. The molecular formula is C15H15ClN4. The van der Waals surface area contributed by atoms with Crippen molar-refractivity contribution in [1.29, 1.82) is 0 Å². The smallest absolute Gasteiger partial charge is 0.108 e. The molecule has 0 aliphatic carbocycles. The fraction of sp³-hybridized carbons (Fsp3) is 0.200. The molecule has 20 heavy (non-hydrogen) atoms. The summed E-state index contributed by atoms with van der Waals surface area (Å²) in [6, 6.07) is 9.69. The lowest BCUT2D eigenvalue weighted by Crippen LogP contribution is -2.17. The molecule has 3 rings (SSSR count). The molecule has 0 bridgehead atoms. The van der Waals surface area contributed by atoms with Gasteiger partial charge in [0.2, 0.25) is 0 Å². The van der Waals surface area contributed by atoms with Crippen LogP contribution in [0.1, 0.15) is 11.4 Å². The molecular weight excluding hydrogens is 272 g/mol. The second-order valence-corrected chi connectivity index (χ2v) is 5.07. The summed E-state index contributed by atoms with van der Waals surface area (Å²) in [5.74, 6) is 0.973. The molecule has 0 spiro atoms. The van der Waals surface area contributed by atoms with Crippen LogP contribution in [0.3, 0.4) is 0 Å². The van der Waals surface area contributed by atoms with Gasteiger partial charge in [-0.1, -0.05) is 17.7 Å². The average Bonchev–Trinajstić information content (AvgIpc) is 2.86. The van der Waals surface area contributed by atoms with Gasteiger partial charge in [-0.25, -0.2) is 4.98 Å². The summed E-state index contributed by atoms with van der Waals surface area (Å²) in [6.07, 6.45) is 4.51. The number of benzene rings is 1. The summed E-state index contributed by atoms with van der Waals surface area (Å²) >= 11 is 5.96. The Labute approximate surface area is 122 Å². The minimum Gasteiger partial charge on any atom is -0.342 e. The van der Waals surface area contributed by atoms with E-state index in [-0.39, 0.29) is 0 Å². The Morgan fingerprint density at radius 3 is 3.05 bits per heavy atom. The quantitative estimate of drug-likeness (QED) is 0.709. The van der Waals surface area contributed by atoms with Gasteiger partial charge in [0, 0.05) is 36.9 Å². The summed E-state index contributed by atoms with van der Waals surface area (Å²) in [5.41, 5.74) is 3.13. The Balaban J connectivity index is 1.55. The van der Waals surface area contributed by atoms with Crippen LogP contribution in [0.25, 0.3) is 11.0 Å². The first kappa shape index (κ1) is 13.1. The first-order valence-corrected chi connectivity index (χ1v) is 6.93. The highest BCUT2D eigenvalue weighted by Crippen LogP contribution is 2.17. The second-order valence-electron chi connectivity index (χ2n) is 4.63. The summed E-state index contributed by atoms with van der Waals surface area (Å²) in [7, 11) is 0. The normalized spacial score (nSPS) is 11.1. The number of H-pyrrole nitrogens is 1. The van der Waals surface area contributed by atoms with Crippen LogP contribution in [-0.4, -0.2) is 21.5 Å². The molecule has 0 aliphatic rings. The van der Waals surface area contributed by atoms with Crippen LogP contribution >= 0.6 is 11.6 Å². The summed E-state index contributed by atoms with van der Waals surface area (Å²) in [6.45, 7) is 1.68. The highest BCUT2D eigenvalue weighted by atomic mass is 35.5. The predicted octanol–water partition coefficient (Wildman–Crippen LogP) is 2.94. The molecule has 102 valence electrons. The SMILES string of the molecule is Clc1ccc2nc(CCNCc3cccnc3)[nH]c2c1. The van der Waals surface area contributed by atoms with Crippen molar-refractivity contribution >= 4 is 22.6 Å². The van der Waals surface area contributed by atoms with Gasteiger partial charge in [0.15, 0.2) is 0 Å². The maximum atomic E-state index is 5.96. The van der Waals surface area contributed by atoms with E-state index in [4.69, 9.17) is 11.6 Å². The van der Waals surface area contributed by atoms with E-state index in [1.807, 2.05) is 30.5 Å². The molecule has 0 unspecified atom stereocenters. The van der Waals surface area contributed by atoms with E-state index in [1.54, 1.807) is 6.20 Å². The molecule has 0 saturated heterocycles. The molecule has 0 fully saturated rings. The van der Waals surface area contributed by atoms with Crippen LogP contribution in [0.15, 0.2) is 42.7 Å². The Hall–Kier alpha value is -1.91. The van der Waals surface area contributed by atoms with E-state index in [0.29, 0.717) is 0 Å². The van der Waals surface area contributed by atoms with Gasteiger partial charge in [-0.2, -0.15) is 0 Å². The molecule has 0 aliphatic heterocycles. The second kappa shape index (κ2) is 6.03. The first-order chi connectivity index (χ1) is 9.81. The van der Waals surface area contributed by atoms with Gasteiger partial charge in [-0.05, 0) is 29.8 Å². The molecule has 0 atom stereocenters. The maximum Gasteiger partial charge on any atom is 0.108 e. The number of pyridine rings is 1. The van der Waals surface area contributed by atoms with Crippen molar-refractivity contribution in [3.05, 3.63) is 59.1 Å². The number of imidazole rings is 1. The van der Waals surface area contributed by atoms with Crippen LogP contribution < -0.4 is 5.32 Å². The Morgan fingerprint density at radius 2 is 2.20 bits per heavy atom. The monoisotopic (exact) mass is 286 g/mol.